The highest BCUT2D eigenvalue weighted by Crippen LogP contribution is 2.36. The Bertz CT molecular complexity index is 864. The summed E-state index contributed by atoms with van der Waals surface area (Å²) in [7, 11) is 3.89. The van der Waals surface area contributed by atoms with Crippen LogP contribution in [0.5, 0.6) is 5.75 Å². The molecule has 3 rings (SSSR count). The standard InChI is InChI=1S/C24H32N2O5/c1-4-29-23(28)24(14-16-30-19-9-6-5-7-10-19)13-8-15-26(18-24)22(27)21-12-11-20(31-21)17-25(2)3/h5-7,9-12H,4,8,13-18H2,1-3H3. The molecule has 1 unspecified atom stereocenters. The molecule has 0 saturated carbocycles. The topological polar surface area (TPSA) is 72.2 Å². The fraction of sp³-hybridized carbons (Fsp3) is 0.500. The van der Waals surface area contributed by atoms with Crippen molar-refractivity contribution in [1.82, 2.24) is 9.80 Å². The number of para-hydroxylation sites is 1. The van der Waals surface area contributed by atoms with Crippen LogP contribution in [0.15, 0.2) is 46.9 Å². The third-order valence-electron chi connectivity index (χ3n) is 5.51. The van der Waals surface area contributed by atoms with E-state index in [9.17, 15) is 9.59 Å². The number of rotatable bonds is 9. The lowest BCUT2D eigenvalue weighted by Gasteiger charge is -2.40. The number of furan rings is 1. The van der Waals surface area contributed by atoms with E-state index in [-0.39, 0.29) is 11.9 Å². The summed E-state index contributed by atoms with van der Waals surface area (Å²) < 4.78 is 17.0. The Morgan fingerprint density at radius 3 is 2.65 bits per heavy atom. The first-order valence-electron chi connectivity index (χ1n) is 10.8. The van der Waals surface area contributed by atoms with Crippen LogP contribution >= 0.6 is 0 Å². The van der Waals surface area contributed by atoms with E-state index in [1.807, 2.05) is 55.4 Å². The monoisotopic (exact) mass is 428 g/mol. The lowest BCUT2D eigenvalue weighted by Crippen LogP contribution is -2.51. The van der Waals surface area contributed by atoms with Crippen molar-refractivity contribution in [3.63, 3.8) is 0 Å². The lowest BCUT2D eigenvalue weighted by molar-refractivity contribution is -0.159. The molecule has 1 fully saturated rings. The number of carbonyl (C=O) groups is 2. The zero-order valence-electron chi connectivity index (χ0n) is 18.6. The molecule has 2 heterocycles. The molecular formula is C24H32N2O5. The number of esters is 1. The maximum Gasteiger partial charge on any atom is 0.314 e. The first kappa shape index (κ1) is 22.9. The number of carbonyl (C=O) groups excluding carboxylic acids is 2. The maximum atomic E-state index is 13.1. The highest BCUT2D eigenvalue weighted by Gasteiger charge is 2.45. The fourth-order valence-corrected chi connectivity index (χ4v) is 3.99. The molecule has 31 heavy (non-hydrogen) atoms. The average molecular weight is 429 g/mol. The molecule has 7 nitrogen and oxygen atoms in total. The van der Waals surface area contributed by atoms with Gasteiger partial charge in [0.2, 0.25) is 0 Å². The predicted octanol–water partition coefficient (Wildman–Crippen LogP) is 3.60. The zero-order chi connectivity index (χ0) is 22.3. The summed E-state index contributed by atoms with van der Waals surface area (Å²) in [6.07, 6.45) is 1.87. The number of nitrogens with zero attached hydrogens (tertiary/aromatic N) is 2. The number of benzene rings is 1. The van der Waals surface area contributed by atoms with Crippen molar-refractivity contribution in [2.75, 3.05) is 40.4 Å². The van der Waals surface area contributed by atoms with Gasteiger partial charge in [-0.25, -0.2) is 0 Å². The number of likely N-dealkylation sites (tertiary alicyclic amines) is 1. The molecule has 0 spiro atoms. The van der Waals surface area contributed by atoms with Crippen molar-refractivity contribution >= 4 is 11.9 Å². The molecule has 1 aromatic carbocycles. The van der Waals surface area contributed by atoms with Crippen LogP contribution in [-0.4, -0.2) is 62.1 Å². The highest BCUT2D eigenvalue weighted by molar-refractivity contribution is 5.92. The molecule has 1 amide bonds. The molecule has 2 aromatic rings. The molecule has 1 aliphatic rings. The van der Waals surface area contributed by atoms with Crippen LogP contribution in [0, 0.1) is 5.41 Å². The minimum atomic E-state index is -0.780. The van der Waals surface area contributed by atoms with Crippen LogP contribution in [0.1, 0.15) is 42.5 Å². The Morgan fingerprint density at radius 1 is 1.16 bits per heavy atom. The predicted molar refractivity (Wildman–Crippen MR) is 117 cm³/mol. The Labute approximate surface area is 183 Å². The summed E-state index contributed by atoms with van der Waals surface area (Å²) in [6, 6.07) is 13.0. The molecular weight excluding hydrogens is 396 g/mol. The van der Waals surface area contributed by atoms with E-state index in [1.54, 1.807) is 17.9 Å². The van der Waals surface area contributed by atoms with Gasteiger partial charge in [-0.1, -0.05) is 18.2 Å². The number of piperidine rings is 1. The summed E-state index contributed by atoms with van der Waals surface area (Å²) in [5, 5.41) is 0. The molecule has 168 valence electrons. The van der Waals surface area contributed by atoms with Crippen LogP contribution < -0.4 is 4.74 Å². The Hall–Kier alpha value is -2.80. The summed E-state index contributed by atoms with van der Waals surface area (Å²) in [4.78, 5) is 29.7. The van der Waals surface area contributed by atoms with Gasteiger partial charge >= 0.3 is 5.97 Å². The van der Waals surface area contributed by atoms with Crippen molar-refractivity contribution in [3.8, 4) is 5.75 Å². The van der Waals surface area contributed by atoms with Gasteiger partial charge in [-0.05, 0) is 64.5 Å². The van der Waals surface area contributed by atoms with Crippen LogP contribution in [-0.2, 0) is 16.1 Å². The second kappa shape index (κ2) is 10.5. The molecule has 1 atom stereocenters. The SMILES string of the molecule is CCOC(=O)C1(CCOc2ccccc2)CCCN(C(=O)c2ccc(CN(C)C)o2)C1. The van der Waals surface area contributed by atoms with E-state index < -0.39 is 5.41 Å². The van der Waals surface area contributed by atoms with Gasteiger partial charge < -0.3 is 23.7 Å². The maximum absolute atomic E-state index is 13.1. The third kappa shape index (κ3) is 5.88. The first-order chi connectivity index (χ1) is 14.9. The van der Waals surface area contributed by atoms with Crippen molar-refractivity contribution in [2.24, 2.45) is 5.41 Å². The summed E-state index contributed by atoms with van der Waals surface area (Å²) in [5.74, 6) is 1.34. The van der Waals surface area contributed by atoms with Crippen LogP contribution in [0.2, 0.25) is 0 Å². The largest absolute Gasteiger partial charge is 0.494 e. The number of hydrogen-bond acceptors (Lipinski definition) is 6. The van der Waals surface area contributed by atoms with E-state index >= 15 is 0 Å². The highest BCUT2D eigenvalue weighted by atomic mass is 16.5. The van der Waals surface area contributed by atoms with Crippen LogP contribution in [0.25, 0.3) is 0 Å². The molecule has 1 aliphatic heterocycles. The number of amides is 1. The van der Waals surface area contributed by atoms with Gasteiger partial charge in [0, 0.05) is 13.1 Å². The van der Waals surface area contributed by atoms with Crippen molar-refractivity contribution < 1.29 is 23.5 Å². The Balaban J connectivity index is 1.71. The lowest BCUT2D eigenvalue weighted by atomic mass is 9.77. The van der Waals surface area contributed by atoms with Gasteiger partial charge in [0.15, 0.2) is 5.76 Å². The Morgan fingerprint density at radius 2 is 1.94 bits per heavy atom. The van der Waals surface area contributed by atoms with E-state index in [4.69, 9.17) is 13.9 Å². The van der Waals surface area contributed by atoms with Crippen molar-refractivity contribution in [1.29, 1.82) is 0 Å². The summed E-state index contributed by atoms with van der Waals surface area (Å²) in [5.41, 5.74) is -0.780. The Kier molecular flexibility index (Phi) is 7.74. The van der Waals surface area contributed by atoms with Gasteiger partial charge in [0.05, 0.1) is 25.2 Å². The molecule has 0 bridgehead atoms. The second-order valence-corrected chi connectivity index (χ2v) is 8.25. The zero-order valence-corrected chi connectivity index (χ0v) is 18.6. The number of ether oxygens (including phenoxy) is 2. The molecule has 0 N–H and O–H groups in total. The van der Waals surface area contributed by atoms with E-state index in [2.05, 4.69) is 0 Å². The minimum Gasteiger partial charge on any atom is -0.494 e. The molecule has 1 aromatic heterocycles. The molecule has 0 radical (unpaired) electrons. The summed E-state index contributed by atoms with van der Waals surface area (Å²) in [6.45, 7) is 3.98. The van der Waals surface area contributed by atoms with Gasteiger partial charge in [-0.15, -0.1) is 0 Å². The fourth-order valence-electron chi connectivity index (χ4n) is 3.99. The quantitative estimate of drug-likeness (QED) is 0.569. The molecule has 7 heteroatoms. The number of hydrogen-bond donors (Lipinski definition) is 0. The first-order valence-corrected chi connectivity index (χ1v) is 10.8. The van der Waals surface area contributed by atoms with Crippen molar-refractivity contribution in [2.45, 2.75) is 32.7 Å². The van der Waals surface area contributed by atoms with Crippen LogP contribution in [0.3, 0.4) is 0 Å². The second-order valence-electron chi connectivity index (χ2n) is 8.25. The third-order valence-corrected chi connectivity index (χ3v) is 5.51. The van der Waals surface area contributed by atoms with Gasteiger partial charge in [0.25, 0.3) is 5.91 Å². The average Bonchev–Trinajstić information content (AvgIpc) is 3.22. The normalized spacial score (nSPS) is 18.8. The van der Waals surface area contributed by atoms with Gasteiger partial charge in [0.1, 0.15) is 11.5 Å². The smallest absolute Gasteiger partial charge is 0.314 e. The van der Waals surface area contributed by atoms with E-state index in [0.29, 0.717) is 51.4 Å². The summed E-state index contributed by atoms with van der Waals surface area (Å²) >= 11 is 0. The molecule has 0 aliphatic carbocycles. The van der Waals surface area contributed by atoms with Crippen LogP contribution in [0.4, 0.5) is 0 Å². The van der Waals surface area contributed by atoms with Gasteiger partial charge in [-0.3, -0.25) is 9.59 Å². The van der Waals surface area contributed by atoms with Crippen molar-refractivity contribution in [3.05, 3.63) is 54.0 Å². The van der Waals surface area contributed by atoms with E-state index in [0.717, 1.165) is 17.9 Å². The van der Waals surface area contributed by atoms with E-state index in [1.165, 1.54) is 0 Å². The van der Waals surface area contributed by atoms with Gasteiger partial charge in [-0.2, -0.15) is 0 Å². The molecule has 1 saturated heterocycles. The minimum absolute atomic E-state index is 0.192.